The molecule has 0 unspecified atom stereocenters. The molecule has 3 rings (SSSR count). The molecule has 128 valence electrons. The van der Waals surface area contributed by atoms with Gasteiger partial charge in [-0.15, -0.1) is 0 Å². The summed E-state index contributed by atoms with van der Waals surface area (Å²) < 4.78 is 15.8. The van der Waals surface area contributed by atoms with Gasteiger partial charge in [-0.25, -0.2) is 0 Å². The van der Waals surface area contributed by atoms with Crippen LogP contribution in [0.1, 0.15) is 22.6 Å². The zero-order valence-corrected chi connectivity index (χ0v) is 19.3. The van der Waals surface area contributed by atoms with Crippen LogP contribution in [0.4, 0.5) is 0 Å². The maximum atomic E-state index is 5.26. The highest BCUT2D eigenvalue weighted by molar-refractivity contribution is 14.1. The minimum atomic E-state index is 0.120. The van der Waals surface area contributed by atoms with Crippen LogP contribution in [0.15, 0.2) is 72.8 Å². The predicted octanol–water partition coefficient (Wildman–Crippen LogP) is 7.05. The van der Waals surface area contributed by atoms with Gasteiger partial charge in [-0.1, -0.05) is 36.4 Å². The zero-order valence-electron chi connectivity index (χ0n) is 12.9. The van der Waals surface area contributed by atoms with Crippen molar-refractivity contribution >= 4 is 69.0 Å². The summed E-state index contributed by atoms with van der Waals surface area (Å²) >= 11 is 5.68. The second kappa shape index (κ2) is 9.26. The second-order valence-electron chi connectivity index (χ2n) is 5.37. The van der Waals surface area contributed by atoms with E-state index in [1.807, 2.05) is 105 Å². The van der Waals surface area contributed by atoms with E-state index in [9.17, 15) is 0 Å². The second-order valence-corrected chi connectivity index (χ2v) is 6.69. The molecule has 0 aliphatic carbocycles. The Kier molecular flexibility index (Phi) is 7.05. The van der Waals surface area contributed by atoms with E-state index in [1.54, 1.807) is 0 Å². The normalized spacial score (nSPS) is 10.6. The van der Waals surface area contributed by atoms with Crippen LogP contribution >= 0.6 is 69.0 Å². The summed E-state index contributed by atoms with van der Waals surface area (Å²) in [6.45, 7) is 0. The van der Waals surface area contributed by atoms with Gasteiger partial charge in [-0.2, -0.15) is 0 Å². The molecule has 0 spiro atoms. The van der Waals surface area contributed by atoms with E-state index in [0.717, 1.165) is 17.2 Å². The molecule has 0 heterocycles. The first-order valence-electron chi connectivity index (χ1n) is 7.41. The smallest absolute Gasteiger partial charge is 0.192 e. The summed E-state index contributed by atoms with van der Waals surface area (Å²) in [7, 11) is 0. The highest BCUT2D eigenvalue weighted by Gasteiger charge is 2.17. The van der Waals surface area contributed by atoms with Crippen molar-refractivity contribution in [1.29, 1.82) is 0 Å². The van der Waals surface area contributed by atoms with Crippen molar-refractivity contribution in [2.75, 3.05) is 0 Å². The number of hydrogen-bond donors (Lipinski definition) is 0. The summed E-state index contributed by atoms with van der Waals surface area (Å²) in [5.74, 6) is 2.64. The lowest BCUT2D eigenvalue weighted by molar-refractivity contribution is 0.714. The standard InChI is InChI=1S/C19H13I3O3/c20-23-16-7-1-13(2-8-16)19(14-3-9-17(24-21)10-4-14)15-5-11-18(25-22)12-6-15/h1-12,19H. The minimum absolute atomic E-state index is 0.120. The van der Waals surface area contributed by atoms with E-state index in [4.69, 9.17) is 9.20 Å². The number of benzene rings is 3. The Bertz CT molecular complexity index is 690. The van der Waals surface area contributed by atoms with Gasteiger partial charge in [-0.05, 0) is 53.1 Å². The molecular weight excluding hydrogens is 657 g/mol. The quantitative estimate of drug-likeness (QED) is 0.208. The van der Waals surface area contributed by atoms with Crippen molar-refractivity contribution in [2.24, 2.45) is 0 Å². The Balaban J connectivity index is 2.04. The van der Waals surface area contributed by atoms with E-state index < -0.39 is 0 Å². The average molecular weight is 670 g/mol. The minimum Gasteiger partial charge on any atom is -0.428 e. The van der Waals surface area contributed by atoms with Gasteiger partial charge < -0.3 is 9.20 Å². The number of hydrogen-bond acceptors (Lipinski definition) is 3. The van der Waals surface area contributed by atoms with E-state index in [2.05, 4.69) is 36.4 Å². The SMILES string of the molecule is IOc1ccc(C(c2ccc(OI)cc2)c2ccc(OI)cc2)cc1. The van der Waals surface area contributed by atoms with Gasteiger partial charge >= 0.3 is 0 Å². The molecule has 0 amide bonds. The molecule has 0 atom stereocenters. The number of rotatable bonds is 6. The van der Waals surface area contributed by atoms with Crippen molar-refractivity contribution in [3.05, 3.63) is 89.5 Å². The summed E-state index contributed by atoms with van der Waals surface area (Å²) in [6, 6.07) is 24.5. The first-order chi connectivity index (χ1) is 12.2. The lowest BCUT2D eigenvalue weighted by Crippen LogP contribution is -2.03. The molecule has 0 aliphatic heterocycles. The van der Waals surface area contributed by atoms with Crippen molar-refractivity contribution in [2.45, 2.75) is 5.92 Å². The molecule has 0 saturated heterocycles. The summed E-state index contributed by atoms with van der Waals surface area (Å²) in [6.07, 6.45) is 0. The van der Waals surface area contributed by atoms with E-state index in [-0.39, 0.29) is 5.92 Å². The van der Waals surface area contributed by atoms with E-state index in [0.29, 0.717) is 0 Å². The van der Waals surface area contributed by atoms with Gasteiger partial charge in [-0.3, -0.25) is 0 Å². The molecule has 3 aromatic carbocycles. The van der Waals surface area contributed by atoms with Gasteiger partial charge in [0.25, 0.3) is 0 Å². The van der Waals surface area contributed by atoms with E-state index >= 15 is 0 Å². The van der Waals surface area contributed by atoms with Gasteiger partial charge in [0.05, 0.1) is 0 Å². The molecule has 0 radical (unpaired) electrons. The highest BCUT2D eigenvalue weighted by atomic mass is 127. The molecule has 0 bridgehead atoms. The van der Waals surface area contributed by atoms with Crippen LogP contribution in [0.5, 0.6) is 17.2 Å². The van der Waals surface area contributed by atoms with Gasteiger partial charge in [0.1, 0.15) is 17.2 Å². The van der Waals surface area contributed by atoms with Gasteiger partial charge in [0, 0.05) is 5.92 Å². The fraction of sp³-hybridized carbons (Fsp3) is 0.0526. The average Bonchev–Trinajstić information content (AvgIpc) is 2.70. The number of halogens is 3. The van der Waals surface area contributed by atoms with Crippen LogP contribution in [-0.2, 0) is 0 Å². The van der Waals surface area contributed by atoms with Crippen LogP contribution < -0.4 is 9.20 Å². The maximum Gasteiger partial charge on any atom is 0.192 e. The van der Waals surface area contributed by atoms with Crippen LogP contribution in [0.3, 0.4) is 0 Å². The van der Waals surface area contributed by atoms with Crippen molar-refractivity contribution in [3.8, 4) is 17.2 Å². The fourth-order valence-corrected chi connectivity index (χ4v) is 3.59. The first-order valence-corrected chi connectivity index (χ1v) is 10.0. The lowest BCUT2D eigenvalue weighted by atomic mass is 9.85. The van der Waals surface area contributed by atoms with Gasteiger partial charge in [0.2, 0.25) is 0 Å². The third-order valence-electron chi connectivity index (χ3n) is 3.91. The van der Waals surface area contributed by atoms with Crippen LogP contribution in [0, 0.1) is 0 Å². The Morgan fingerprint density at radius 3 is 0.880 bits per heavy atom. The molecule has 25 heavy (non-hydrogen) atoms. The maximum absolute atomic E-state index is 5.26. The lowest BCUT2D eigenvalue weighted by Gasteiger charge is -2.19. The molecule has 0 aromatic heterocycles. The molecular formula is C19H13I3O3. The van der Waals surface area contributed by atoms with Crippen LogP contribution in [0.25, 0.3) is 0 Å². The molecule has 6 heteroatoms. The summed E-state index contributed by atoms with van der Waals surface area (Å²) in [5, 5.41) is 0. The molecule has 0 saturated carbocycles. The third-order valence-corrected chi connectivity index (χ3v) is 5.43. The molecule has 0 N–H and O–H groups in total. The summed E-state index contributed by atoms with van der Waals surface area (Å²) in [5.41, 5.74) is 3.59. The van der Waals surface area contributed by atoms with Crippen molar-refractivity contribution in [1.82, 2.24) is 0 Å². The highest BCUT2D eigenvalue weighted by Crippen LogP contribution is 2.35. The largest absolute Gasteiger partial charge is 0.428 e. The summed E-state index contributed by atoms with van der Waals surface area (Å²) in [4.78, 5) is 0. The van der Waals surface area contributed by atoms with Crippen molar-refractivity contribution < 1.29 is 9.20 Å². The van der Waals surface area contributed by atoms with Crippen LogP contribution in [-0.4, -0.2) is 0 Å². The monoisotopic (exact) mass is 670 g/mol. The first kappa shape index (κ1) is 19.0. The Hall–Kier alpha value is -0.750. The predicted molar refractivity (Wildman–Crippen MR) is 124 cm³/mol. The molecule has 0 fully saturated rings. The Morgan fingerprint density at radius 2 is 0.680 bits per heavy atom. The molecule has 3 aromatic rings. The topological polar surface area (TPSA) is 27.7 Å². The Morgan fingerprint density at radius 1 is 0.440 bits per heavy atom. The van der Waals surface area contributed by atoms with Crippen LogP contribution in [0.2, 0.25) is 0 Å². The van der Waals surface area contributed by atoms with E-state index in [1.165, 1.54) is 16.7 Å². The fourth-order valence-electron chi connectivity index (χ4n) is 2.71. The molecule has 3 nitrogen and oxygen atoms in total. The Labute approximate surface area is 189 Å². The molecule has 0 aliphatic rings. The van der Waals surface area contributed by atoms with Crippen molar-refractivity contribution in [3.63, 3.8) is 0 Å². The van der Waals surface area contributed by atoms with Gasteiger partial charge in [0.15, 0.2) is 69.0 Å². The zero-order chi connectivity index (χ0) is 17.6. The third kappa shape index (κ3) is 4.70.